The number of nitrogens with two attached hydrogens (primary N) is 1. The van der Waals surface area contributed by atoms with Crippen LogP contribution in [0.25, 0.3) is 27.9 Å². The van der Waals surface area contributed by atoms with Crippen LogP contribution in [0.1, 0.15) is 12.8 Å². The number of aliphatic hydroxyl groups excluding tert-OH is 1. The molecule has 8 nitrogen and oxygen atoms in total. The van der Waals surface area contributed by atoms with Crippen LogP contribution in [0.2, 0.25) is 0 Å². The first-order chi connectivity index (χ1) is 16.5. The third-order valence-electron chi connectivity index (χ3n) is 6.46. The van der Waals surface area contributed by atoms with Crippen LogP contribution in [0.15, 0.2) is 48.8 Å². The predicted molar refractivity (Wildman–Crippen MR) is 129 cm³/mol. The predicted octanol–water partition coefficient (Wildman–Crippen LogP) is 3.00. The smallest absolute Gasteiger partial charge is 0.140 e. The van der Waals surface area contributed by atoms with Crippen LogP contribution in [-0.4, -0.2) is 65.0 Å². The van der Waals surface area contributed by atoms with E-state index in [4.69, 9.17) is 20.2 Å². The summed E-state index contributed by atoms with van der Waals surface area (Å²) >= 11 is 0. The number of benzene rings is 1. The molecule has 1 aromatic carbocycles. The zero-order valence-corrected chi connectivity index (χ0v) is 19.1. The van der Waals surface area contributed by atoms with Crippen LogP contribution >= 0.6 is 0 Å². The van der Waals surface area contributed by atoms with Gasteiger partial charge in [0.1, 0.15) is 23.8 Å². The lowest BCUT2D eigenvalue weighted by Gasteiger charge is -2.39. The molecule has 0 atom stereocenters. The minimum absolute atomic E-state index is 0.0550. The third kappa shape index (κ3) is 4.29. The van der Waals surface area contributed by atoms with Crippen LogP contribution in [-0.2, 0) is 4.74 Å². The number of methoxy groups -OCH3 is 1. The molecular formula is C25H28FN5O3. The average Bonchev–Trinajstić information content (AvgIpc) is 3.27. The van der Waals surface area contributed by atoms with Gasteiger partial charge in [0.25, 0.3) is 0 Å². The minimum Gasteiger partial charge on any atom is -0.491 e. The number of aromatic nitrogens is 3. The van der Waals surface area contributed by atoms with Gasteiger partial charge in [0.2, 0.25) is 0 Å². The number of anilines is 1. The number of fused-ring (bicyclic) bond motifs is 2. The van der Waals surface area contributed by atoms with E-state index in [-0.39, 0.29) is 12.4 Å². The van der Waals surface area contributed by atoms with Crippen LogP contribution in [0.4, 0.5) is 10.1 Å². The second-order valence-electron chi connectivity index (χ2n) is 8.78. The van der Waals surface area contributed by atoms with E-state index in [2.05, 4.69) is 9.88 Å². The van der Waals surface area contributed by atoms with Gasteiger partial charge >= 0.3 is 0 Å². The first-order valence-corrected chi connectivity index (χ1v) is 11.3. The van der Waals surface area contributed by atoms with Gasteiger partial charge in [-0.25, -0.2) is 14.4 Å². The van der Waals surface area contributed by atoms with Crippen molar-refractivity contribution < 1.29 is 19.0 Å². The van der Waals surface area contributed by atoms with Crippen molar-refractivity contribution in [3.05, 3.63) is 54.6 Å². The molecule has 34 heavy (non-hydrogen) atoms. The number of ether oxygens (including phenoxy) is 2. The summed E-state index contributed by atoms with van der Waals surface area (Å²) in [6.07, 6.45) is 4.93. The first kappa shape index (κ1) is 22.5. The molecule has 0 unspecified atom stereocenters. The monoisotopic (exact) mass is 465 g/mol. The van der Waals surface area contributed by atoms with E-state index in [1.165, 1.54) is 12.1 Å². The van der Waals surface area contributed by atoms with Crippen LogP contribution in [0.5, 0.6) is 5.75 Å². The fourth-order valence-corrected chi connectivity index (χ4v) is 4.40. The molecule has 1 aliphatic heterocycles. The molecule has 9 heteroatoms. The summed E-state index contributed by atoms with van der Waals surface area (Å²) in [5, 5.41) is 10.3. The van der Waals surface area contributed by atoms with E-state index in [0.717, 1.165) is 39.4 Å². The van der Waals surface area contributed by atoms with E-state index in [0.29, 0.717) is 39.1 Å². The number of piperidine rings is 1. The van der Waals surface area contributed by atoms with E-state index >= 15 is 0 Å². The van der Waals surface area contributed by atoms with Crippen molar-refractivity contribution in [2.45, 2.75) is 18.4 Å². The van der Waals surface area contributed by atoms with E-state index < -0.39 is 5.54 Å². The number of pyridine rings is 2. The zero-order valence-electron chi connectivity index (χ0n) is 19.1. The highest BCUT2D eigenvalue weighted by Crippen LogP contribution is 2.33. The number of hydrogen-bond donors (Lipinski definition) is 2. The highest BCUT2D eigenvalue weighted by molar-refractivity contribution is 5.92. The molecular weight excluding hydrogens is 437 g/mol. The van der Waals surface area contributed by atoms with Gasteiger partial charge in [-0.2, -0.15) is 0 Å². The summed E-state index contributed by atoms with van der Waals surface area (Å²) in [6, 6.07) is 10.5. The fraction of sp³-hybridized carbons (Fsp3) is 0.360. The molecule has 0 radical (unpaired) electrons. The van der Waals surface area contributed by atoms with Gasteiger partial charge in [-0.3, -0.25) is 4.40 Å². The van der Waals surface area contributed by atoms with Gasteiger partial charge < -0.3 is 25.2 Å². The Kier molecular flexibility index (Phi) is 6.07. The Hall–Kier alpha value is -3.27. The fourth-order valence-electron chi connectivity index (χ4n) is 4.40. The molecule has 0 saturated carbocycles. The molecule has 5 rings (SSSR count). The second-order valence-corrected chi connectivity index (χ2v) is 8.78. The second kappa shape index (κ2) is 9.17. The number of aliphatic hydroxyl groups is 1. The van der Waals surface area contributed by atoms with Crippen molar-refractivity contribution in [1.82, 2.24) is 14.4 Å². The quantitative estimate of drug-likeness (QED) is 0.405. The molecule has 0 aliphatic carbocycles. The van der Waals surface area contributed by atoms with Gasteiger partial charge in [0.05, 0.1) is 42.0 Å². The summed E-state index contributed by atoms with van der Waals surface area (Å²) in [5.74, 6) is 0.412. The maximum Gasteiger partial charge on any atom is 0.140 e. The van der Waals surface area contributed by atoms with Gasteiger partial charge in [0, 0.05) is 43.4 Å². The van der Waals surface area contributed by atoms with Gasteiger partial charge in [0.15, 0.2) is 0 Å². The lowest BCUT2D eigenvalue weighted by atomic mass is 9.89. The van der Waals surface area contributed by atoms with Gasteiger partial charge in [-0.1, -0.05) is 6.07 Å². The molecule has 3 N–H and O–H groups in total. The van der Waals surface area contributed by atoms with Crippen molar-refractivity contribution >= 4 is 22.2 Å². The minimum atomic E-state index is -0.582. The normalized spacial score (nSPS) is 15.8. The SMILES string of the molecule is COCCOc1ccn2c(-c3ccc4cc(F)cc(N5CCC(N)(CO)CC5)c4n3)cnc2c1. The number of nitrogens with zero attached hydrogens (tertiary/aromatic N) is 4. The summed E-state index contributed by atoms with van der Waals surface area (Å²) < 4.78 is 27.1. The number of imidazole rings is 1. The Morgan fingerprint density at radius 2 is 1.97 bits per heavy atom. The number of rotatable bonds is 7. The van der Waals surface area contributed by atoms with Gasteiger partial charge in [-0.05, 0) is 37.1 Å². The Morgan fingerprint density at radius 1 is 1.15 bits per heavy atom. The molecule has 0 spiro atoms. The molecule has 0 amide bonds. The molecule has 4 aromatic rings. The maximum atomic E-state index is 14.4. The highest BCUT2D eigenvalue weighted by atomic mass is 19.1. The topological polar surface area (TPSA) is 98.1 Å². The molecule has 4 heterocycles. The standard InChI is InChI=1S/C25H28FN5O3/c1-33-10-11-34-19-4-7-31-22(15-28-23(31)14-19)20-3-2-17-12-18(26)13-21(24(17)29-20)30-8-5-25(27,16-32)6-9-30/h2-4,7,12-15,32H,5-6,8-11,16,27H2,1H3. The Morgan fingerprint density at radius 3 is 2.74 bits per heavy atom. The van der Waals surface area contributed by atoms with Crippen LogP contribution in [0, 0.1) is 5.82 Å². The molecule has 1 saturated heterocycles. The lowest BCUT2D eigenvalue weighted by molar-refractivity contribution is 0.146. The third-order valence-corrected chi connectivity index (χ3v) is 6.46. The van der Waals surface area contributed by atoms with Gasteiger partial charge in [-0.15, -0.1) is 0 Å². The summed E-state index contributed by atoms with van der Waals surface area (Å²) in [6.45, 7) is 2.18. The maximum absolute atomic E-state index is 14.4. The van der Waals surface area contributed by atoms with Crippen LogP contribution in [0.3, 0.4) is 0 Å². The summed E-state index contributed by atoms with van der Waals surface area (Å²) in [7, 11) is 1.63. The van der Waals surface area contributed by atoms with Crippen molar-refractivity contribution in [2.75, 3.05) is 44.9 Å². The Bertz CT molecular complexity index is 1320. The summed E-state index contributed by atoms with van der Waals surface area (Å²) in [4.78, 5) is 11.5. The molecule has 1 aliphatic rings. The molecule has 0 bridgehead atoms. The Labute approximate surface area is 196 Å². The number of halogens is 1. The zero-order chi connectivity index (χ0) is 23.7. The first-order valence-electron chi connectivity index (χ1n) is 11.3. The van der Waals surface area contributed by atoms with Crippen molar-refractivity contribution in [3.63, 3.8) is 0 Å². The van der Waals surface area contributed by atoms with Crippen molar-refractivity contribution in [1.29, 1.82) is 0 Å². The average molecular weight is 466 g/mol. The lowest BCUT2D eigenvalue weighted by Crippen LogP contribution is -2.53. The molecule has 3 aromatic heterocycles. The largest absolute Gasteiger partial charge is 0.491 e. The number of hydrogen-bond acceptors (Lipinski definition) is 7. The van der Waals surface area contributed by atoms with Crippen molar-refractivity contribution in [2.24, 2.45) is 5.73 Å². The van der Waals surface area contributed by atoms with Crippen molar-refractivity contribution in [3.8, 4) is 17.1 Å². The van der Waals surface area contributed by atoms with E-state index in [1.54, 1.807) is 13.3 Å². The summed E-state index contributed by atoms with van der Waals surface area (Å²) in [5.41, 5.74) is 9.42. The Balaban J connectivity index is 1.50. The van der Waals surface area contributed by atoms with Crippen LogP contribution < -0.4 is 15.4 Å². The highest BCUT2D eigenvalue weighted by Gasteiger charge is 2.31. The molecule has 1 fully saturated rings. The van der Waals surface area contributed by atoms with E-state index in [9.17, 15) is 9.50 Å². The van der Waals surface area contributed by atoms with E-state index in [1.807, 2.05) is 34.9 Å². The molecule has 178 valence electrons.